The Hall–Kier alpha value is 0.400. The molecule has 0 fully saturated rings. The van der Waals surface area contributed by atoms with Crippen molar-refractivity contribution < 1.29 is 8.39 Å². The van der Waals surface area contributed by atoms with E-state index in [1.54, 1.807) is 13.8 Å². The van der Waals surface area contributed by atoms with Gasteiger partial charge in [-0.3, -0.25) is 4.18 Å². The molecule has 2 nitrogen and oxygen atoms in total. The third-order valence-electron chi connectivity index (χ3n) is 1.11. The number of alkyl halides is 1. The van der Waals surface area contributed by atoms with E-state index in [-0.39, 0.29) is 10.6 Å². The molecular weight excluding hydrogens is 160 g/mol. The molecule has 0 rings (SSSR count). The Bertz CT molecular complexity index is 105. The molecule has 3 unspecified atom stereocenters. The summed E-state index contributed by atoms with van der Waals surface area (Å²) in [6.07, 6.45) is 0. The third kappa shape index (κ3) is 3.18. The van der Waals surface area contributed by atoms with E-state index in [0.717, 1.165) is 0 Å². The number of hydrogen-bond acceptors (Lipinski definition) is 2. The van der Waals surface area contributed by atoms with Crippen molar-refractivity contribution in [3.8, 4) is 0 Å². The van der Waals surface area contributed by atoms with Gasteiger partial charge in [-0.15, -0.1) is 11.6 Å². The molecule has 9 heavy (non-hydrogen) atoms. The molecule has 0 aromatic carbocycles. The molecule has 0 N–H and O–H groups in total. The highest BCUT2D eigenvalue weighted by Crippen LogP contribution is 2.07. The van der Waals surface area contributed by atoms with Gasteiger partial charge in [0.15, 0.2) is 11.1 Å². The van der Waals surface area contributed by atoms with Crippen LogP contribution in [-0.2, 0) is 15.3 Å². The van der Waals surface area contributed by atoms with E-state index in [4.69, 9.17) is 11.6 Å². The fourth-order valence-corrected chi connectivity index (χ4v) is 1.17. The zero-order chi connectivity index (χ0) is 7.44. The topological polar surface area (TPSA) is 26.3 Å². The highest BCUT2D eigenvalue weighted by atomic mass is 35.5. The molecule has 0 bridgehead atoms. The first-order valence-corrected chi connectivity index (χ1v) is 4.26. The molecule has 4 heteroatoms. The van der Waals surface area contributed by atoms with E-state index in [1.165, 1.54) is 7.11 Å². The Morgan fingerprint density at radius 1 is 1.56 bits per heavy atom. The normalized spacial score (nSPS) is 20.9. The molecule has 0 heterocycles. The molecular formula is C5H11ClO2S. The minimum atomic E-state index is -1.23. The van der Waals surface area contributed by atoms with E-state index in [1.807, 2.05) is 0 Å². The van der Waals surface area contributed by atoms with Crippen LogP contribution in [0.2, 0.25) is 0 Å². The van der Waals surface area contributed by atoms with E-state index >= 15 is 0 Å². The number of hydrogen-bond donors (Lipinski definition) is 0. The predicted octanol–water partition coefficient (Wildman–Crippen LogP) is 1.31. The van der Waals surface area contributed by atoms with Crippen molar-refractivity contribution in [3.63, 3.8) is 0 Å². The molecule has 0 saturated carbocycles. The summed E-state index contributed by atoms with van der Waals surface area (Å²) >= 11 is 4.39. The van der Waals surface area contributed by atoms with Crippen LogP contribution in [0.25, 0.3) is 0 Å². The van der Waals surface area contributed by atoms with Gasteiger partial charge in [-0.25, -0.2) is 4.21 Å². The van der Waals surface area contributed by atoms with Gasteiger partial charge in [-0.05, 0) is 13.8 Å². The van der Waals surface area contributed by atoms with Crippen LogP contribution in [-0.4, -0.2) is 21.9 Å². The summed E-state index contributed by atoms with van der Waals surface area (Å²) < 4.78 is 15.3. The maximum atomic E-state index is 10.8. The van der Waals surface area contributed by atoms with Crippen LogP contribution in [0.3, 0.4) is 0 Å². The van der Waals surface area contributed by atoms with Gasteiger partial charge in [0.25, 0.3) is 0 Å². The van der Waals surface area contributed by atoms with Crippen molar-refractivity contribution in [2.24, 2.45) is 0 Å². The van der Waals surface area contributed by atoms with Crippen LogP contribution in [0.5, 0.6) is 0 Å². The Labute approximate surface area is 63.2 Å². The molecule has 3 atom stereocenters. The van der Waals surface area contributed by atoms with E-state index in [2.05, 4.69) is 4.18 Å². The summed E-state index contributed by atoms with van der Waals surface area (Å²) in [7, 11) is 1.41. The largest absolute Gasteiger partial charge is 0.294 e. The lowest BCUT2D eigenvalue weighted by Gasteiger charge is -2.09. The van der Waals surface area contributed by atoms with E-state index in [9.17, 15) is 4.21 Å². The predicted molar refractivity (Wildman–Crippen MR) is 39.9 cm³/mol. The van der Waals surface area contributed by atoms with E-state index in [0.29, 0.717) is 0 Å². The van der Waals surface area contributed by atoms with Crippen LogP contribution in [0, 0.1) is 0 Å². The fraction of sp³-hybridized carbons (Fsp3) is 1.00. The summed E-state index contributed by atoms with van der Waals surface area (Å²) in [5, 5.41) is -0.206. The third-order valence-corrected chi connectivity index (χ3v) is 2.99. The molecule has 0 aromatic rings. The van der Waals surface area contributed by atoms with Crippen LogP contribution < -0.4 is 0 Å². The lowest BCUT2D eigenvalue weighted by atomic mass is 10.4. The highest BCUT2D eigenvalue weighted by Gasteiger charge is 2.15. The minimum Gasteiger partial charge on any atom is -0.294 e. The Morgan fingerprint density at radius 2 is 2.00 bits per heavy atom. The highest BCUT2D eigenvalue weighted by molar-refractivity contribution is 7.80. The van der Waals surface area contributed by atoms with Crippen LogP contribution in [0.4, 0.5) is 0 Å². The van der Waals surface area contributed by atoms with Crippen LogP contribution >= 0.6 is 11.6 Å². The molecule has 0 radical (unpaired) electrons. The SMILES string of the molecule is COS(=O)C(C)C(C)Cl. The number of halogens is 1. The first-order valence-electron chi connectivity index (χ1n) is 2.68. The zero-order valence-electron chi connectivity index (χ0n) is 5.76. The molecule has 0 aliphatic heterocycles. The monoisotopic (exact) mass is 170 g/mol. The smallest absolute Gasteiger partial charge is 0.159 e. The Balaban J connectivity index is 3.72. The first kappa shape index (κ1) is 9.40. The average Bonchev–Trinajstić information content (AvgIpc) is 1.84. The van der Waals surface area contributed by atoms with Crippen molar-refractivity contribution in [1.82, 2.24) is 0 Å². The maximum Gasteiger partial charge on any atom is 0.159 e. The van der Waals surface area contributed by atoms with Crippen molar-refractivity contribution in [3.05, 3.63) is 0 Å². The van der Waals surface area contributed by atoms with Crippen molar-refractivity contribution in [2.75, 3.05) is 7.11 Å². The quantitative estimate of drug-likeness (QED) is 0.598. The lowest BCUT2D eigenvalue weighted by Crippen LogP contribution is -2.20. The lowest BCUT2D eigenvalue weighted by molar-refractivity contribution is 0.438. The molecule has 0 aromatic heterocycles. The number of rotatable bonds is 3. The fourth-order valence-electron chi connectivity index (χ4n) is 0.305. The van der Waals surface area contributed by atoms with Gasteiger partial charge in [0.2, 0.25) is 0 Å². The zero-order valence-corrected chi connectivity index (χ0v) is 7.33. The summed E-state index contributed by atoms with van der Waals surface area (Å²) in [6, 6.07) is 0. The molecule has 0 aliphatic carbocycles. The van der Waals surface area contributed by atoms with Gasteiger partial charge in [-0.2, -0.15) is 0 Å². The van der Waals surface area contributed by atoms with Gasteiger partial charge in [0.1, 0.15) is 0 Å². The van der Waals surface area contributed by atoms with Gasteiger partial charge < -0.3 is 0 Å². The average molecular weight is 171 g/mol. The first-order chi connectivity index (χ1) is 4.09. The molecule has 0 aliphatic rings. The summed E-state index contributed by atoms with van der Waals surface area (Å²) in [5.41, 5.74) is 0. The summed E-state index contributed by atoms with van der Waals surface area (Å²) in [6.45, 7) is 3.58. The Morgan fingerprint density at radius 3 is 2.11 bits per heavy atom. The van der Waals surface area contributed by atoms with Gasteiger partial charge >= 0.3 is 0 Å². The Kier molecular flexibility index (Phi) is 4.44. The molecule has 0 amide bonds. The summed E-state index contributed by atoms with van der Waals surface area (Å²) in [4.78, 5) is 0. The van der Waals surface area contributed by atoms with Crippen molar-refractivity contribution in [2.45, 2.75) is 24.5 Å². The van der Waals surface area contributed by atoms with E-state index < -0.39 is 11.1 Å². The standard InChI is InChI=1S/C5H11ClO2S/c1-4(6)5(2)9(7)8-3/h4-5H,1-3H3. The van der Waals surface area contributed by atoms with Gasteiger partial charge in [0.05, 0.1) is 12.4 Å². The second-order valence-corrected chi connectivity index (χ2v) is 4.10. The second kappa shape index (κ2) is 4.25. The van der Waals surface area contributed by atoms with Crippen LogP contribution in [0.15, 0.2) is 0 Å². The molecule has 0 spiro atoms. The molecule has 0 saturated heterocycles. The van der Waals surface area contributed by atoms with Gasteiger partial charge in [-0.1, -0.05) is 0 Å². The minimum absolute atomic E-state index is 0.100. The maximum absolute atomic E-state index is 10.8. The molecule has 56 valence electrons. The van der Waals surface area contributed by atoms with Crippen molar-refractivity contribution >= 4 is 22.7 Å². The van der Waals surface area contributed by atoms with Gasteiger partial charge in [0, 0.05) is 5.38 Å². The van der Waals surface area contributed by atoms with Crippen LogP contribution in [0.1, 0.15) is 13.8 Å². The summed E-state index contributed by atoms with van der Waals surface area (Å²) in [5.74, 6) is 0. The van der Waals surface area contributed by atoms with Crippen molar-refractivity contribution in [1.29, 1.82) is 0 Å². The second-order valence-electron chi connectivity index (χ2n) is 1.81.